The van der Waals surface area contributed by atoms with Gasteiger partial charge in [0.25, 0.3) is 11.1 Å². The molecule has 10 heteroatoms. The lowest BCUT2D eigenvalue weighted by atomic mass is 10.0. The maximum absolute atomic E-state index is 11.8. The first-order valence-corrected chi connectivity index (χ1v) is 7.15. The van der Waals surface area contributed by atoms with Gasteiger partial charge in [-0.25, -0.2) is 9.97 Å². The van der Waals surface area contributed by atoms with Crippen LogP contribution in [0.15, 0.2) is 33.9 Å². The minimum absolute atomic E-state index is 0.121. The molecule has 1 aromatic carbocycles. The fourth-order valence-electron chi connectivity index (χ4n) is 2.39. The highest BCUT2D eigenvalue weighted by Gasteiger charge is 2.15. The van der Waals surface area contributed by atoms with Crippen molar-refractivity contribution >= 4 is 11.9 Å². The summed E-state index contributed by atoms with van der Waals surface area (Å²) in [4.78, 5) is 36.1. The molecule has 10 nitrogen and oxygen atoms in total. The topological polar surface area (TPSA) is 191 Å². The number of benzene rings is 1. The molecule has 26 heavy (non-hydrogen) atoms. The zero-order valence-electron chi connectivity index (χ0n) is 13.1. The Balaban J connectivity index is 2.16. The van der Waals surface area contributed by atoms with Crippen LogP contribution in [0.1, 0.15) is 11.1 Å². The Labute approximate surface area is 145 Å². The van der Waals surface area contributed by atoms with Crippen molar-refractivity contribution < 1.29 is 0 Å². The first-order chi connectivity index (χ1) is 12.4. The number of rotatable bonds is 2. The molecule has 2 heterocycles. The van der Waals surface area contributed by atoms with E-state index in [2.05, 4.69) is 19.9 Å². The Kier molecular flexibility index (Phi) is 3.93. The molecule has 0 aliphatic carbocycles. The lowest BCUT2D eigenvalue weighted by Crippen LogP contribution is -2.16. The molecule has 0 radical (unpaired) electrons. The van der Waals surface area contributed by atoms with E-state index in [-0.39, 0.29) is 34.4 Å². The zero-order valence-corrected chi connectivity index (χ0v) is 13.1. The summed E-state index contributed by atoms with van der Waals surface area (Å²) in [5.74, 6) is -0.243. The summed E-state index contributed by atoms with van der Waals surface area (Å²) in [5.41, 5.74) is 10.6. The van der Waals surface area contributed by atoms with Crippen molar-refractivity contribution in [2.45, 2.75) is 0 Å². The Bertz CT molecular complexity index is 1110. The zero-order chi connectivity index (χ0) is 18.8. The second-order valence-corrected chi connectivity index (χ2v) is 5.15. The molecule has 0 saturated heterocycles. The van der Waals surface area contributed by atoms with Crippen molar-refractivity contribution in [3.63, 3.8) is 0 Å². The van der Waals surface area contributed by atoms with Gasteiger partial charge < -0.3 is 11.5 Å². The van der Waals surface area contributed by atoms with Crippen LogP contribution >= 0.6 is 0 Å². The summed E-state index contributed by atoms with van der Waals surface area (Å²) in [6.45, 7) is 0. The smallest absolute Gasteiger partial charge is 0.270 e. The number of hydrogen-bond acceptors (Lipinski definition) is 8. The number of nitrogens with one attached hydrogen (secondary N) is 2. The van der Waals surface area contributed by atoms with Crippen LogP contribution in [0.3, 0.4) is 0 Å². The van der Waals surface area contributed by atoms with Gasteiger partial charge in [0, 0.05) is 11.1 Å². The van der Waals surface area contributed by atoms with Gasteiger partial charge >= 0.3 is 0 Å². The third-order valence-corrected chi connectivity index (χ3v) is 3.53. The van der Waals surface area contributed by atoms with Gasteiger partial charge in [0.15, 0.2) is 0 Å². The Hall–Kier alpha value is -4.44. The molecule has 6 N–H and O–H groups in total. The molecule has 0 amide bonds. The number of H-pyrrole nitrogens is 2. The fraction of sp³-hybridized carbons (Fsp3) is 0. The molecule has 0 spiro atoms. The summed E-state index contributed by atoms with van der Waals surface area (Å²) in [7, 11) is 0. The van der Waals surface area contributed by atoms with E-state index in [1.54, 1.807) is 36.4 Å². The van der Waals surface area contributed by atoms with Gasteiger partial charge in [0.2, 0.25) is 11.9 Å². The molecule has 0 aliphatic heterocycles. The molecule has 3 aromatic rings. The summed E-state index contributed by atoms with van der Waals surface area (Å²) in [6.07, 6.45) is 0. The second-order valence-electron chi connectivity index (χ2n) is 5.15. The SMILES string of the molecule is N#Cc1c(-c2ccc(-c3nc(N)[nH]c(=O)c3C#N)cc2)nc(N)[nH]c1=O. The Morgan fingerprint density at radius 3 is 1.42 bits per heavy atom. The van der Waals surface area contributed by atoms with Gasteiger partial charge in [-0.15, -0.1) is 0 Å². The minimum atomic E-state index is -0.644. The van der Waals surface area contributed by atoms with Gasteiger partial charge in [0.05, 0.1) is 11.4 Å². The number of aromatic amines is 2. The normalized spacial score (nSPS) is 10.1. The number of hydrogen-bond donors (Lipinski definition) is 4. The number of aromatic nitrogens is 4. The van der Waals surface area contributed by atoms with Crippen molar-refractivity contribution in [1.29, 1.82) is 10.5 Å². The van der Waals surface area contributed by atoms with Crippen LogP contribution < -0.4 is 22.6 Å². The van der Waals surface area contributed by atoms with Gasteiger partial charge in [0.1, 0.15) is 23.3 Å². The summed E-state index contributed by atoms with van der Waals surface area (Å²) < 4.78 is 0. The lowest BCUT2D eigenvalue weighted by molar-refractivity contribution is 1.12. The van der Waals surface area contributed by atoms with E-state index in [9.17, 15) is 9.59 Å². The first kappa shape index (κ1) is 16.4. The van der Waals surface area contributed by atoms with E-state index in [0.717, 1.165) is 0 Å². The molecule has 3 rings (SSSR count). The molecular weight excluding hydrogens is 336 g/mol. The van der Waals surface area contributed by atoms with Gasteiger partial charge in [-0.3, -0.25) is 19.6 Å². The van der Waals surface area contributed by atoms with Gasteiger partial charge in [-0.1, -0.05) is 24.3 Å². The van der Waals surface area contributed by atoms with Crippen LogP contribution in [0.5, 0.6) is 0 Å². The Morgan fingerprint density at radius 1 is 0.769 bits per heavy atom. The van der Waals surface area contributed by atoms with Crippen molar-refractivity contribution in [3.8, 4) is 34.7 Å². The van der Waals surface area contributed by atoms with Crippen molar-refractivity contribution in [1.82, 2.24) is 19.9 Å². The standard InChI is InChI=1S/C16H10N8O2/c17-5-9-11(21-15(19)23-13(9)25)7-1-2-8(4-3-7)12-10(6-18)14(26)24-16(20)22-12/h1-4H,(H3,19,21,23,25)(H3,20,22,24,26). The molecule has 0 saturated carbocycles. The van der Waals surface area contributed by atoms with E-state index in [1.807, 2.05) is 0 Å². The predicted molar refractivity (Wildman–Crippen MR) is 92.4 cm³/mol. The van der Waals surface area contributed by atoms with Crippen LogP contribution in [0.25, 0.3) is 22.5 Å². The number of anilines is 2. The Morgan fingerprint density at radius 2 is 1.12 bits per heavy atom. The average molecular weight is 346 g/mol. The van der Waals surface area contributed by atoms with Crippen LogP contribution in [0.2, 0.25) is 0 Å². The highest BCUT2D eigenvalue weighted by atomic mass is 16.1. The molecule has 126 valence electrons. The second kappa shape index (κ2) is 6.22. The fourth-order valence-corrected chi connectivity index (χ4v) is 2.39. The van der Waals surface area contributed by atoms with Crippen molar-refractivity contribution in [2.75, 3.05) is 11.5 Å². The third-order valence-electron chi connectivity index (χ3n) is 3.53. The maximum atomic E-state index is 11.8. The molecule has 0 atom stereocenters. The van der Waals surface area contributed by atoms with E-state index in [0.29, 0.717) is 11.1 Å². The summed E-state index contributed by atoms with van der Waals surface area (Å²) in [5, 5.41) is 18.3. The monoisotopic (exact) mass is 346 g/mol. The number of nitrogen functional groups attached to an aromatic ring is 2. The third kappa shape index (κ3) is 2.74. The van der Waals surface area contributed by atoms with Crippen LogP contribution in [0, 0.1) is 22.7 Å². The summed E-state index contributed by atoms with van der Waals surface area (Å²) >= 11 is 0. The van der Waals surface area contributed by atoms with Crippen LogP contribution in [0.4, 0.5) is 11.9 Å². The number of nitrogens with two attached hydrogens (primary N) is 2. The lowest BCUT2D eigenvalue weighted by Gasteiger charge is -2.07. The largest absolute Gasteiger partial charge is 0.369 e. The molecule has 0 bridgehead atoms. The van der Waals surface area contributed by atoms with E-state index < -0.39 is 11.1 Å². The van der Waals surface area contributed by atoms with Crippen LogP contribution in [-0.2, 0) is 0 Å². The average Bonchev–Trinajstić information content (AvgIpc) is 2.60. The molecule has 0 unspecified atom stereocenters. The highest BCUT2D eigenvalue weighted by Crippen LogP contribution is 2.25. The van der Waals surface area contributed by atoms with Crippen molar-refractivity contribution in [3.05, 3.63) is 56.1 Å². The van der Waals surface area contributed by atoms with Crippen molar-refractivity contribution in [2.24, 2.45) is 0 Å². The quantitative estimate of drug-likeness (QED) is 0.501. The molecule has 0 aliphatic rings. The van der Waals surface area contributed by atoms with Gasteiger partial charge in [-0.05, 0) is 0 Å². The number of nitrogens with zero attached hydrogens (tertiary/aromatic N) is 4. The predicted octanol–water partition coefficient (Wildman–Crippen LogP) is 0.0950. The molecule has 0 fully saturated rings. The van der Waals surface area contributed by atoms with E-state index >= 15 is 0 Å². The molecular formula is C16H10N8O2. The first-order valence-electron chi connectivity index (χ1n) is 7.15. The van der Waals surface area contributed by atoms with Gasteiger partial charge in [-0.2, -0.15) is 10.5 Å². The van der Waals surface area contributed by atoms with E-state index in [1.165, 1.54) is 0 Å². The number of nitriles is 2. The van der Waals surface area contributed by atoms with E-state index in [4.69, 9.17) is 22.0 Å². The maximum Gasteiger partial charge on any atom is 0.270 e. The summed E-state index contributed by atoms with van der Waals surface area (Å²) in [6, 6.07) is 9.85. The molecule has 2 aromatic heterocycles. The highest BCUT2D eigenvalue weighted by molar-refractivity contribution is 5.73. The minimum Gasteiger partial charge on any atom is -0.369 e. The van der Waals surface area contributed by atoms with Crippen LogP contribution in [-0.4, -0.2) is 19.9 Å².